The van der Waals surface area contributed by atoms with Gasteiger partial charge in [0, 0.05) is 51.7 Å². The Hall–Kier alpha value is -0.650. The summed E-state index contributed by atoms with van der Waals surface area (Å²) in [5, 5.41) is 3.28. The Labute approximate surface area is 116 Å². The van der Waals surface area contributed by atoms with Crippen LogP contribution in [-0.4, -0.2) is 73.7 Å². The normalized spacial score (nSPS) is 29.5. The van der Waals surface area contributed by atoms with Gasteiger partial charge in [-0.25, -0.2) is 0 Å². The fourth-order valence-corrected chi connectivity index (χ4v) is 2.87. The van der Waals surface area contributed by atoms with Crippen molar-refractivity contribution in [3.8, 4) is 0 Å². The van der Waals surface area contributed by atoms with Crippen molar-refractivity contribution in [3.05, 3.63) is 0 Å². The number of carbonyl (C=O) groups is 1. The molecule has 2 saturated heterocycles. The molecule has 2 rings (SSSR count). The summed E-state index contributed by atoms with van der Waals surface area (Å²) in [5.41, 5.74) is 0. The maximum Gasteiger partial charge on any atom is 0.223 e. The van der Waals surface area contributed by atoms with E-state index in [4.69, 9.17) is 4.74 Å². The quantitative estimate of drug-likeness (QED) is 0.798. The van der Waals surface area contributed by atoms with Crippen molar-refractivity contribution in [2.45, 2.75) is 38.8 Å². The molecule has 2 aliphatic heterocycles. The predicted octanol–water partition coefficient (Wildman–Crippen LogP) is 0.308. The summed E-state index contributed by atoms with van der Waals surface area (Å²) >= 11 is 0. The van der Waals surface area contributed by atoms with Gasteiger partial charge in [0.05, 0.1) is 12.7 Å². The number of ether oxygens (including phenoxy) is 1. The molecular formula is C14H27N3O2. The molecule has 5 heteroatoms. The first-order chi connectivity index (χ1) is 9.20. The van der Waals surface area contributed by atoms with Crippen LogP contribution in [0.3, 0.4) is 0 Å². The number of nitrogens with zero attached hydrogens (tertiary/aromatic N) is 2. The highest BCUT2D eigenvalue weighted by Crippen LogP contribution is 2.15. The molecule has 2 fully saturated rings. The maximum absolute atomic E-state index is 12.2. The van der Waals surface area contributed by atoms with Crippen LogP contribution in [0.2, 0.25) is 0 Å². The van der Waals surface area contributed by atoms with Gasteiger partial charge in [-0.1, -0.05) is 6.92 Å². The first-order valence-electron chi connectivity index (χ1n) is 7.55. The summed E-state index contributed by atoms with van der Waals surface area (Å²) < 4.78 is 5.69. The topological polar surface area (TPSA) is 44.8 Å². The number of hydrogen-bond acceptors (Lipinski definition) is 4. The summed E-state index contributed by atoms with van der Waals surface area (Å²) in [7, 11) is 0. The third kappa shape index (κ3) is 4.16. The van der Waals surface area contributed by atoms with E-state index >= 15 is 0 Å². The van der Waals surface area contributed by atoms with E-state index in [1.807, 2.05) is 4.90 Å². The molecule has 1 amide bonds. The van der Waals surface area contributed by atoms with E-state index < -0.39 is 0 Å². The number of rotatable bonds is 4. The lowest BCUT2D eigenvalue weighted by atomic mass is 10.1. The van der Waals surface area contributed by atoms with Crippen LogP contribution in [0.15, 0.2) is 0 Å². The zero-order valence-electron chi connectivity index (χ0n) is 12.2. The van der Waals surface area contributed by atoms with Crippen molar-refractivity contribution in [1.82, 2.24) is 15.1 Å². The van der Waals surface area contributed by atoms with Gasteiger partial charge in [-0.15, -0.1) is 0 Å². The Morgan fingerprint density at radius 2 is 2.11 bits per heavy atom. The zero-order valence-corrected chi connectivity index (χ0v) is 12.2. The molecule has 0 spiro atoms. The molecule has 0 radical (unpaired) electrons. The molecule has 0 aromatic carbocycles. The molecule has 2 unspecified atom stereocenters. The molecule has 0 aromatic heterocycles. The number of hydrogen-bond donors (Lipinski definition) is 1. The van der Waals surface area contributed by atoms with E-state index in [9.17, 15) is 4.79 Å². The van der Waals surface area contributed by atoms with Gasteiger partial charge < -0.3 is 15.0 Å². The smallest absolute Gasteiger partial charge is 0.223 e. The molecule has 2 aliphatic rings. The maximum atomic E-state index is 12.2. The number of amides is 1. The number of carbonyl (C=O) groups excluding carboxylic acids is 1. The van der Waals surface area contributed by atoms with E-state index in [1.54, 1.807) is 0 Å². The second-order valence-electron chi connectivity index (χ2n) is 5.58. The molecule has 0 bridgehead atoms. The van der Waals surface area contributed by atoms with Crippen molar-refractivity contribution in [2.75, 3.05) is 45.9 Å². The fourth-order valence-electron chi connectivity index (χ4n) is 2.87. The lowest BCUT2D eigenvalue weighted by molar-refractivity contribution is -0.133. The van der Waals surface area contributed by atoms with Crippen LogP contribution >= 0.6 is 0 Å². The van der Waals surface area contributed by atoms with E-state index in [-0.39, 0.29) is 6.10 Å². The van der Waals surface area contributed by atoms with Gasteiger partial charge in [-0.05, 0) is 13.3 Å². The fraction of sp³-hybridized carbons (Fsp3) is 0.929. The highest BCUT2D eigenvalue weighted by Gasteiger charge is 2.26. The van der Waals surface area contributed by atoms with Gasteiger partial charge in [-0.3, -0.25) is 9.69 Å². The first kappa shape index (κ1) is 14.8. The molecule has 5 nitrogen and oxygen atoms in total. The molecule has 2 atom stereocenters. The summed E-state index contributed by atoms with van der Waals surface area (Å²) in [6, 6.07) is 0.479. The molecule has 1 N–H and O–H groups in total. The standard InChI is InChI=1S/C14H27N3O2/c1-3-13-11-19-12(2)10-17(13)7-4-14(18)16-8-5-15-6-9-16/h12-13,15H,3-11H2,1-2H3. The Morgan fingerprint density at radius 3 is 2.79 bits per heavy atom. The van der Waals surface area contributed by atoms with Gasteiger partial charge in [0.1, 0.15) is 0 Å². The minimum absolute atomic E-state index is 0.289. The lowest BCUT2D eigenvalue weighted by Crippen LogP contribution is -2.51. The minimum atomic E-state index is 0.289. The van der Waals surface area contributed by atoms with E-state index in [0.29, 0.717) is 18.4 Å². The van der Waals surface area contributed by atoms with Crippen molar-refractivity contribution in [2.24, 2.45) is 0 Å². The zero-order chi connectivity index (χ0) is 13.7. The van der Waals surface area contributed by atoms with Gasteiger partial charge in [0.25, 0.3) is 0 Å². The summed E-state index contributed by atoms with van der Waals surface area (Å²) in [6.45, 7) is 10.5. The van der Waals surface area contributed by atoms with Crippen LogP contribution < -0.4 is 5.32 Å². The molecule has 2 heterocycles. The molecule has 0 saturated carbocycles. The van der Waals surface area contributed by atoms with Crippen molar-refractivity contribution in [1.29, 1.82) is 0 Å². The van der Waals surface area contributed by atoms with E-state index in [1.165, 1.54) is 0 Å². The number of morpholine rings is 1. The SMILES string of the molecule is CCC1COC(C)CN1CCC(=O)N1CCNCC1. The van der Waals surface area contributed by atoms with Crippen LogP contribution in [0.4, 0.5) is 0 Å². The second-order valence-corrected chi connectivity index (χ2v) is 5.58. The first-order valence-corrected chi connectivity index (χ1v) is 7.55. The Balaban J connectivity index is 1.77. The Kier molecular flexibility index (Phi) is 5.60. The highest BCUT2D eigenvalue weighted by atomic mass is 16.5. The van der Waals surface area contributed by atoms with Crippen LogP contribution in [0, 0.1) is 0 Å². The molecule has 110 valence electrons. The number of nitrogens with one attached hydrogen (secondary N) is 1. The molecule has 0 aliphatic carbocycles. The summed E-state index contributed by atoms with van der Waals surface area (Å²) in [4.78, 5) is 16.6. The summed E-state index contributed by atoms with van der Waals surface area (Å²) in [5.74, 6) is 0.301. The third-order valence-electron chi connectivity index (χ3n) is 4.13. The van der Waals surface area contributed by atoms with Crippen LogP contribution in [0.1, 0.15) is 26.7 Å². The van der Waals surface area contributed by atoms with Crippen LogP contribution in [0.5, 0.6) is 0 Å². The van der Waals surface area contributed by atoms with Gasteiger partial charge >= 0.3 is 0 Å². The second kappa shape index (κ2) is 7.22. The Morgan fingerprint density at radius 1 is 1.37 bits per heavy atom. The monoisotopic (exact) mass is 269 g/mol. The average Bonchev–Trinajstić information content (AvgIpc) is 2.46. The van der Waals surface area contributed by atoms with Gasteiger partial charge in [0.15, 0.2) is 0 Å². The van der Waals surface area contributed by atoms with E-state index in [2.05, 4.69) is 24.1 Å². The van der Waals surface area contributed by atoms with Crippen molar-refractivity contribution >= 4 is 5.91 Å². The Bertz CT molecular complexity index is 292. The molecular weight excluding hydrogens is 242 g/mol. The molecule has 19 heavy (non-hydrogen) atoms. The predicted molar refractivity (Wildman–Crippen MR) is 75.1 cm³/mol. The van der Waals surface area contributed by atoms with Crippen molar-refractivity contribution < 1.29 is 9.53 Å². The average molecular weight is 269 g/mol. The van der Waals surface area contributed by atoms with Crippen molar-refractivity contribution in [3.63, 3.8) is 0 Å². The van der Waals surface area contributed by atoms with Gasteiger partial charge in [-0.2, -0.15) is 0 Å². The number of piperazine rings is 1. The highest BCUT2D eigenvalue weighted by molar-refractivity contribution is 5.76. The summed E-state index contributed by atoms with van der Waals surface area (Å²) in [6.07, 6.45) is 2.02. The largest absolute Gasteiger partial charge is 0.376 e. The lowest BCUT2D eigenvalue weighted by Gasteiger charge is -2.38. The minimum Gasteiger partial charge on any atom is -0.376 e. The van der Waals surface area contributed by atoms with Gasteiger partial charge in [0.2, 0.25) is 5.91 Å². The molecule has 0 aromatic rings. The third-order valence-corrected chi connectivity index (χ3v) is 4.13. The van der Waals surface area contributed by atoms with Crippen LogP contribution in [-0.2, 0) is 9.53 Å². The van der Waals surface area contributed by atoms with E-state index in [0.717, 1.165) is 52.3 Å². The van der Waals surface area contributed by atoms with Crippen LogP contribution in [0.25, 0.3) is 0 Å².